The highest BCUT2D eigenvalue weighted by Gasteiger charge is 2.38. The Balaban J connectivity index is 2.08. The van der Waals surface area contributed by atoms with Crippen molar-refractivity contribution < 1.29 is 4.43 Å². The minimum Gasteiger partial charge on any atom is -0.417 e. The van der Waals surface area contributed by atoms with Crippen LogP contribution >= 0.6 is 0 Å². The molecule has 1 nitrogen and oxygen atoms in total. The van der Waals surface area contributed by atoms with Gasteiger partial charge in [-0.2, -0.15) is 0 Å². The quantitative estimate of drug-likeness (QED) is 0.141. The standard InChI is InChI=1S/C26H50OSi/c1-7-8-9-10-11-12-13-14-15-16-17-20-26(21-18-22-26)23-19-24-27-28(5,6)25(2,3)4/h7,10-11H,1,8-9,12-24H2,2-6H3/b11-10+. The van der Waals surface area contributed by atoms with Crippen LogP contribution in [0, 0.1) is 5.41 Å². The second-order valence-electron chi connectivity index (χ2n) is 10.7. The maximum atomic E-state index is 6.40. The zero-order valence-corrected chi connectivity index (χ0v) is 21.0. The van der Waals surface area contributed by atoms with Gasteiger partial charge in [-0.1, -0.05) is 71.1 Å². The van der Waals surface area contributed by atoms with Gasteiger partial charge in [0, 0.05) is 6.61 Å². The van der Waals surface area contributed by atoms with E-state index < -0.39 is 8.32 Å². The van der Waals surface area contributed by atoms with Crippen molar-refractivity contribution >= 4 is 8.32 Å². The van der Waals surface area contributed by atoms with Gasteiger partial charge in [0.2, 0.25) is 0 Å². The van der Waals surface area contributed by atoms with Gasteiger partial charge in [0.05, 0.1) is 0 Å². The lowest BCUT2D eigenvalue weighted by Gasteiger charge is -2.43. The van der Waals surface area contributed by atoms with E-state index in [-0.39, 0.29) is 0 Å². The molecule has 1 saturated carbocycles. The average Bonchev–Trinajstić information content (AvgIpc) is 2.59. The van der Waals surface area contributed by atoms with Crippen molar-refractivity contribution in [2.24, 2.45) is 5.41 Å². The molecule has 28 heavy (non-hydrogen) atoms. The molecule has 1 aliphatic rings. The van der Waals surface area contributed by atoms with Gasteiger partial charge in [0.15, 0.2) is 8.32 Å². The lowest BCUT2D eigenvalue weighted by Crippen LogP contribution is -2.41. The van der Waals surface area contributed by atoms with Crippen LogP contribution < -0.4 is 0 Å². The predicted molar refractivity (Wildman–Crippen MR) is 130 cm³/mol. The molecule has 1 fully saturated rings. The molecule has 0 spiro atoms. The van der Waals surface area contributed by atoms with Gasteiger partial charge in [-0.25, -0.2) is 0 Å². The smallest absolute Gasteiger partial charge is 0.191 e. The Bertz CT molecular complexity index is 440. The molecule has 1 rings (SSSR count). The second kappa shape index (κ2) is 13.1. The van der Waals surface area contributed by atoms with Crippen molar-refractivity contribution in [1.29, 1.82) is 0 Å². The van der Waals surface area contributed by atoms with Crippen LogP contribution in [-0.4, -0.2) is 14.9 Å². The lowest BCUT2D eigenvalue weighted by atomic mass is 9.63. The molecule has 0 amide bonds. The van der Waals surface area contributed by atoms with Crippen molar-refractivity contribution in [3.8, 4) is 0 Å². The summed E-state index contributed by atoms with van der Waals surface area (Å²) in [6.07, 6.45) is 25.8. The first-order valence-corrected chi connectivity index (χ1v) is 15.0. The summed E-state index contributed by atoms with van der Waals surface area (Å²) in [5.41, 5.74) is 0.685. The summed E-state index contributed by atoms with van der Waals surface area (Å²) >= 11 is 0. The van der Waals surface area contributed by atoms with Crippen LogP contribution in [0.4, 0.5) is 0 Å². The minimum absolute atomic E-state index is 0.336. The molecule has 0 atom stereocenters. The Morgan fingerprint density at radius 2 is 1.46 bits per heavy atom. The van der Waals surface area contributed by atoms with Crippen molar-refractivity contribution in [3.05, 3.63) is 24.8 Å². The zero-order valence-electron chi connectivity index (χ0n) is 20.0. The van der Waals surface area contributed by atoms with Gasteiger partial charge in [-0.05, 0) is 81.3 Å². The highest BCUT2D eigenvalue weighted by atomic mass is 28.4. The molecular weight excluding hydrogens is 356 g/mol. The van der Waals surface area contributed by atoms with Crippen molar-refractivity contribution in [1.82, 2.24) is 0 Å². The van der Waals surface area contributed by atoms with Crippen molar-refractivity contribution in [3.63, 3.8) is 0 Å². The van der Waals surface area contributed by atoms with Crippen molar-refractivity contribution in [2.75, 3.05) is 6.61 Å². The summed E-state index contributed by atoms with van der Waals surface area (Å²) in [4.78, 5) is 0. The molecule has 0 heterocycles. The van der Waals surface area contributed by atoms with Gasteiger partial charge in [0.25, 0.3) is 0 Å². The summed E-state index contributed by atoms with van der Waals surface area (Å²) in [6.45, 7) is 16.5. The molecule has 0 saturated heterocycles. The van der Waals surface area contributed by atoms with Gasteiger partial charge in [-0.15, -0.1) is 6.58 Å². The third-order valence-corrected chi connectivity index (χ3v) is 11.9. The first-order chi connectivity index (χ1) is 13.2. The van der Waals surface area contributed by atoms with Gasteiger partial charge in [0.1, 0.15) is 0 Å². The van der Waals surface area contributed by atoms with Crippen LogP contribution in [0.25, 0.3) is 0 Å². The minimum atomic E-state index is -1.56. The topological polar surface area (TPSA) is 9.23 Å². The average molecular weight is 407 g/mol. The van der Waals surface area contributed by atoms with Crippen molar-refractivity contribution in [2.45, 2.75) is 129 Å². The Kier molecular flexibility index (Phi) is 12.0. The molecule has 0 radical (unpaired) electrons. The molecular formula is C26H50OSi. The predicted octanol–water partition coefficient (Wildman–Crippen LogP) is 9.21. The molecule has 1 aliphatic carbocycles. The van der Waals surface area contributed by atoms with Crippen LogP contribution in [0.15, 0.2) is 24.8 Å². The fourth-order valence-electron chi connectivity index (χ4n) is 4.04. The second-order valence-corrected chi connectivity index (χ2v) is 15.5. The van der Waals surface area contributed by atoms with Crippen LogP contribution in [-0.2, 0) is 4.43 Å². The zero-order chi connectivity index (χ0) is 20.9. The van der Waals surface area contributed by atoms with Crippen LogP contribution in [0.5, 0.6) is 0 Å². The Hall–Kier alpha value is -0.343. The number of rotatable bonds is 16. The third kappa shape index (κ3) is 9.92. The van der Waals surface area contributed by atoms with E-state index in [1.807, 2.05) is 6.08 Å². The molecule has 0 N–H and O–H groups in total. The van der Waals surface area contributed by atoms with E-state index >= 15 is 0 Å². The largest absolute Gasteiger partial charge is 0.417 e. The molecule has 0 aromatic heterocycles. The Morgan fingerprint density at radius 3 is 2.07 bits per heavy atom. The van der Waals surface area contributed by atoms with E-state index in [2.05, 4.69) is 52.6 Å². The van der Waals surface area contributed by atoms with E-state index in [0.29, 0.717) is 10.5 Å². The normalized spacial score (nSPS) is 17.0. The van der Waals surface area contributed by atoms with Gasteiger partial charge in [-0.3, -0.25) is 0 Å². The highest BCUT2D eigenvalue weighted by molar-refractivity contribution is 6.74. The van der Waals surface area contributed by atoms with Crippen LogP contribution in [0.2, 0.25) is 18.1 Å². The molecule has 0 aliphatic heterocycles. The van der Waals surface area contributed by atoms with E-state index in [4.69, 9.17) is 4.43 Å². The van der Waals surface area contributed by atoms with Gasteiger partial charge >= 0.3 is 0 Å². The summed E-state index contributed by atoms with van der Waals surface area (Å²) in [5.74, 6) is 0. The molecule has 0 unspecified atom stereocenters. The molecule has 0 bridgehead atoms. The summed E-state index contributed by atoms with van der Waals surface area (Å²) in [7, 11) is -1.56. The van der Waals surface area contributed by atoms with Crippen LogP contribution in [0.3, 0.4) is 0 Å². The van der Waals surface area contributed by atoms with Crippen LogP contribution in [0.1, 0.15) is 111 Å². The summed E-state index contributed by atoms with van der Waals surface area (Å²) in [5, 5.41) is 0.336. The first kappa shape index (κ1) is 25.7. The number of hydrogen-bond acceptors (Lipinski definition) is 1. The Morgan fingerprint density at radius 1 is 0.857 bits per heavy atom. The third-order valence-electron chi connectivity index (χ3n) is 7.32. The summed E-state index contributed by atoms with van der Waals surface area (Å²) < 4.78 is 6.40. The lowest BCUT2D eigenvalue weighted by molar-refractivity contribution is 0.0905. The number of allylic oxidation sites excluding steroid dienone is 3. The maximum Gasteiger partial charge on any atom is 0.191 e. The SMILES string of the molecule is C=CCC/C=C/CCCCCCCC1(CCCO[Si](C)(C)C(C)(C)C)CCC1. The fraction of sp³-hybridized carbons (Fsp3) is 0.846. The summed E-state index contributed by atoms with van der Waals surface area (Å²) in [6, 6.07) is 0. The van der Waals surface area contributed by atoms with E-state index in [1.165, 1.54) is 77.0 Å². The first-order valence-electron chi connectivity index (χ1n) is 12.1. The molecule has 0 aromatic rings. The Labute approximate surface area is 178 Å². The van der Waals surface area contributed by atoms with E-state index in [1.54, 1.807) is 0 Å². The highest BCUT2D eigenvalue weighted by Crippen LogP contribution is 2.49. The monoisotopic (exact) mass is 406 g/mol. The van der Waals surface area contributed by atoms with E-state index in [9.17, 15) is 0 Å². The fourth-order valence-corrected chi connectivity index (χ4v) is 5.12. The van der Waals surface area contributed by atoms with E-state index in [0.717, 1.165) is 19.4 Å². The number of hydrogen-bond donors (Lipinski definition) is 0. The molecule has 2 heteroatoms. The van der Waals surface area contributed by atoms with Gasteiger partial charge < -0.3 is 4.43 Å². The molecule has 164 valence electrons. The number of unbranched alkanes of at least 4 members (excludes halogenated alkanes) is 6. The maximum absolute atomic E-state index is 6.40. The molecule has 0 aromatic carbocycles.